The van der Waals surface area contributed by atoms with E-state index in [9.17, 15) is 0 Å². The monoisotopic (exact) mass is 427 g/mol. The van der Waals surface area contributed by atoms with Crippen LogP contribution >= 0.6 is 0 Å². The van der Waals surface area contributed by atoms with E-state index in [1.807, 2.05) is 12.4 Å². The maximum Gasteiger partial charge on any atom is 0.191 e. The number of nitrogens with zero attached hydrogens (tertiary/aromatic N) is 5. The molecule has 0 spiro atoms. The van der Waals surface area contributed by atoms with Crippen molar-refractivity contribution in [1.82, 2.24) is 30.3 Å². The van der Waals surface area contributed by atoms with Gasteiger partial charge in [0, 0.05) is 25.6 Å². The van der Waals surface area contributed by atoms with Crippen LogP contribution in [0, 0.1) is 0 Å². The molecule has 0 bridgehead atoms. The molecule has 0 amide bonds. The third kappa shape index (κ3) is 6.09. The number of aryl methyl sites for hydroxylation is 1. The first kappa shape index (κ1) is 21.9. The summed E-state index contributed by atoms with van der Waals surface area (Å²) in [6.07, 6.45) is 13.4. The van der Waals surface area contributed by atoms with E-state index < -0.39 is 0 Å². The summed E-state index contributed by atoms with van der Waals surface area (Å²) in [6.45, 7) is 6.66. The van der Waals surface area contributed by atoms with E-state index in [1.165, 1.54) is 44.9 Å². The summed E-state index contributed by atoms with van der Waals surface area (Å²) in [5.74, 6) is 2.95. The lowest BCUT2D eigenvalue weighted by atomic mass is 9.96. The van der Waals surface area contributed by atoms with Crippen molar-refractivity contribution < 1.29 is 4.42 Å². The number of aliphatic imine (C=N–C) groups is 1. The Morgan fingerprint density at radius 3 is 2.81 bits per heavy atom. The van der Waals surface area contributed by atoms with Gasteiger partial charge in [-0.15, -0.1) is 10.2 Å². The van der Waals surface area contributed by atoms with Gasteiger partial charge in [0.1, 0.15) is 17.9 Å². The predicted octanol–water partition coefficient (Wildman–Crippen LogP) is 3.14. The molecule has 4 rings (SSSR count). The van der Waals surface area contributed by atoms with Gasteiger partial charge >= 0.3 is 0 Å². The Kier molecular flexibility index (Phi) is 7.98. The highest BCUT2D eigenvalue weighted by Gasteiger charge is 2.25. The number of hydrogen-bond acceptors (Lipinski definition) is 5. The molecule has 8 nitrogen and oxygen atoms in total. The Labute approximate surface area is 185 Å². The number of furan rings is 1. The van der Waals surface area contributed by atoms with Crippen LogP contribution < -0.4 is 10.6 Å². The van der Waals surface area contributed by atoms with E-state index in [0.29, 0.717) is 12.6 Å². The van der Waals surface area contributed by atoms with Gasteiger partial charge in [0.25, 0.3) is 0 Å². The fraction of sp³-hybridized carbons (Fsp3) is 0.696. The molecule has 2 fully saturated rings. The van der Waals surface area contributed by atoms with Crippen molar-refractivity contribution in [3.05, 3.63) is 36.3 Å². The third-order valence-corrected chi connectivity index (χ3v) is 6.48. The minimum absolute atomic E-state index is 0.201. The molecule has 31 heavy (non-hydrogen) atoms. The normalized spacial score (nSPS) is 19.6. The van der Waals surface area contributed by atoms with E-state index in [0.717, 1.165) is 50.1 Å². The highest BCUT2D eigenvalue weighted by molar-refractivity contribution is 5.80. The first-order chi connectivity index (χ1) is 15.3. The van der Waals surface area contributed by atoms with E-state index in [1.54, 1.807) is 6.26 Å². The SMILES string of the molecule is CCc1nncn1CCNC(=NCC(c1ccco1)N1CCCC1)NC1CCCCC1. The van der Waals surface area contributed by atoms with Gasteiger partial charge in [0.2, 0.25) is 0 Å². The highest BCUT2D eigenvalue weighted by Crippen LogP contribution is 2.26. The molecule has 3 heterocycles. The summed E-state index contributed by atoms with van der Waals surface area (Å²) in [7, 11) is 0. The molecule has 1 saturated heterocycles. The zero-order valence-corrected chi connectivity index (χ0v) is 18.8. The Bertz CT molecular complexity index is 789. The summed E-state index contributed by atoms with van der Waals surface area (Å²) >= 11 is 0. The van der Waals surface area contributed by atoms with E-state index in [2.05, 4.69) is 43.3 Å². The average molecular weight is 428 g/mol. The van der Waals surface area contributed by atoms with E-state index >= 15 is 0 Å². The highest BCUT2D eigenvalue weighted by atomic mass is 16.3. The van der Waals surface area contributed by atoms with Crippen LogP contribution in [0.5, 0.6) is 0 Å². The van der Waals surface area contributed by atoms with Crippen LogP contribution in [-0.2, 0) is 13.0 Å². The van der Waals surface area contributed by atoms with Crippen LogP contribution in [0.2, 0.25) is 0 Å². The molecule has 1 unspecified atom stereocenters. The van der Waals surface area contributed by atoms with Crippen LogP contribution in [0.25, 0.3) is 0 Å². The second kappa shape index (κ2) is 11.3. The smallest absolute Gasteiger partial charge is 0.191 e. The predicted molar refractivity (Wildman–Crippen MR) is 122 cm³/mol. The van der Waals surface area contributed by atoms with Gasteiger partial charge in [-0.05, 0) is 50.9 Å². The molecule has 1 aliphatic heterocycles. The molecule has 0 radical (unpaired) electrons. The summed E-state index contributed by atoms with van der Waals surface area (Å²) < 4.78 is 7.89. The maximum atomic E-state index is 5.78. The minimum atomic E-state index is 0.201. The second-order valence-corrected chi connectivity index (χ2v) is 8.66. The number of rotatable bonds is 9. The average Bonchev–Trinajstić information content (AvgIpc) is 3.57. The van der Waals surface area contributed by atoms with Crippen molar-refractivity contribution in [2.24, 2.45) is 4.99 Å². The van der Waals surface area contributed by atoms with Gasteiger partial charge in [-0.1, -0.05) is 26.2 Å². The first-order valence-electron chi connectivity index (χ1n) is 12.0. The lowest BCUT2D eigenvalue weighted by Crippen LogP contribution is -2.45. The zero-order chi connectivity index (χ0) is 21.3. The van der Waals surface area contributed by atoms with E-state index in [-0.39, 0.29) is 6.04 Å². The molecule has 1 aliphatic carbocycles. The van der Waals surface area contributed by atoms with Crippen LogP contribution in [0.1, 0.15) is 69.5 Å². The molecule has 8 heteroatoms. The molecule has 2 aromatic heterocycles. The molecule has 2 N–H and O–H groups in total. The van der Waals surface area contributed by atoms with Gasteiger partial charge < -0.3 is 19.6 Å². The zero-order valence-electron chi connectivity index (χ0n) is 18.8. The summed E-state index contributed by atoms with van der Waals surface area (Å²) in [5.41, 5.74) is 0. The number of hydrogen-bond donors (Lipinski definition) is 2. The fourth-order valence-electron chi connectivity index (χ4n) is 4.72. The minimum Gasteiger partial charge on any atom is -0.468 e. The largest absolute Gasteiger partial charge is 0.468 e. The van der Waals surface area contributed by atoms with Crippen molar-refractivity contribution in [2.75, 3.05) is 26.2 Å². The number of guanidine groups is 1. The number of nitrogens with one attached hydrogen (secondary N) is 2. The summed E-state index contributed by atoms with van der Waals surface area (Å²) in [6, 6.07) is 4.77. The molecule has 1 saturated carbocycles. The van der Waals surface area contributed by atoms with Crippen molar-refractivity contribution in [2.45, 2.75) is 76.9 Å². The van der Waals surface area contributed by atoms with Crippen LogP contribution in [0.15, 0.2) is 34.1 Å². The molecule has 0 aromatic carbocycles. The Hall–Kier alpha value is -2.35. The lowest BCUT2D eigenvalue weighted by Gasteiger charge is -2.27. The Morgan fingerprint density at radius 2 is 2.06 bits per heavy atom. The van der Waals surface area contributed by atoms with Crippen LogP contribution in [-0.4, -0.2) is 57.8 Å². The molecule has 2 aliphatic rings. The van der Waals surface area contributed by atoms with Gasteiger partial charge in [-0.2, -0.15) is 0 Å². The maximum absolute atomic E-state index is 5.78. The summed E-state index contributed by atoms with van der Waals surface area (Å²) in [4.78, 5) is 7.54. The molecule has 1 atom stereocenters. The van der Waals surface area contributed by atoms with Crippen molar-refractivity contribution >= 4 is 5.96 Å². The molecular weight excluding hydrogens is 390 g/mol. The van der Waals surface area contributed by atoms with Gasteiger partial charge in [0.05, 0.1) is 18.8 Å². The van der Waals surface area contributed by atoms with Crippen molar-refractivity contribution in [3.8, 4) is 0 Å². The van der Waals surface area contributed by atoms with Crippen molar-refractivity contribution in [1.29, 1.82) is 0 Å². The first-order valence-corrected chi connectivity index (χ1v) is 12.0. The van der Waals surface area contributed by atoms with Gasteiger partial charge in [0.15, 0.2) is 5.96 Å². The molecule has 2 aromatic rings. The summed E-state index contributed by atoms with van der Waals surface area (Å²) in [5, 5.41) is 15.5. The lowest BCUT2D eigenvalue weighted by molar-refractivity contribution is 0.221. The Morgan fingerprint density at radius 1 is 1.23 bits per heavy atom. The standard InChI is InChI=1S/C23H37N7O/c1-2-22-28-26-18-30(22)15-12-24-23(27-19-9-4-3-5-10-19)25-17-20(21-11-8-16-31-21)29-13-6-7-14-29/h8,11,16,18-20H,2-7,9-10,12-15,17H2,1H3,(H2,24,25,27). The van der Waals surface area contributed by atoms with Gasteiger partial charge in [-0.25, -0.2) is 0 Å². The van der Waals surface area contributed by atoms with Gasteiger partial charge in [-0.3, -0.25) is 9.89 Å². The van der Waals surface area contributed by atoms with Crippen LogP contribution in [0.4, 0.5) is 0 Å². The number of aromatic nitrogens is 3. The van der Waals surface area contributed by atoms with E-state index in [4.69, 9.17) is 9.41 Å². The van der Waals surface area contributed by atoms with Crippen molar-refractivity contribution in [3.63, 3.8) is 0 Å². The Balaban J connectivity index is 1.41. The number of likely N-dealkylation sites (tertiary alicyclic amines) is 1. The quantitative estimate of drug-likeness (QED) is 0.473. The van der Waals surface area contributed by atoms with Crippen LogP contribution in [0.3, 0.4) is 0 Å². The second-order valence-electron chi connectivity index (χ2n) is 8.66. The topological polar surface area (TPSA) is 83.5 Å². The molecular formula is C23H37N7O. The fourth-order valence-corrected chi connectivity index (χ4v) is 4.72. The molecule has 170 valence electrons. The third-order valence-electron chi connectivity index (χ3n) is 6.48.